The summed E-state index contributed by atoms with van der Waals surface area (Å²) in [5, 5.41) is 13.1. The standard InChI is InChI=1S/C25H22N2O7S/c1-15(2)21(24(28)29)14-26-35(31,32)18-9-11-22-20(13-18)19-10-8-16(12-23(19)34-22)27-25(30)33-17-6-4-3-5-7-17/h3-15,21H,1-2H3,(H,27,30)(H,28,29)/b26-14+. The van der Waals surface area contributed by atoms with E-state index in [1.54, 1.807) is 56.3 Å². The SMILES string of the molecule is CC(C)C(/C=N/S(=O)(=O)c1ccc2oc3cc(NC(=O)Oc4ccccc4)ccc3c2c1)C(=O)O. The molecule has 1 heterocycles. The van der Waals surface area contributed by atoms with E-state index in [1.807, 2.05) is 6.07 Å². The minimum Gasteiger partial charge on any atom is -0.481 e. The number of sulfonamides is 1. The lowest BCUT2D eigenvalue weighted by molar-refractivity contribution is -0.140. The van der Waals surface area contributed by atoms with Gasteiger partial charge in [-0.1, -0.05) is 32.0 Å². The third-order valence-electron chi connectivity index (χ3n) is 5.30. The van der Waals surface area contributed by atoms with Gasteiger partial charge in [-0.2, -0.15) is 12.8 Å². The number of carbonyl (C=O) groups is 2. The predicted molar refractivity (Wildman–Crippen MR) is 131 cm³/mol. The summed E-state index contributed by atoms with van der Waals surface area (Å²) in [5.41, 5.74) is 1.31. The highest BCUT2D eigenvalue weighted by atomic mass is 32.2. The molecule has 9 nitrogen and oxygen atoms in total. The number of hydrogen-bond donors (Lipinski definition) is 2. The van der Waals surface area contributed by atoms with Gasteiger partial charge in [-0.05, 0) is 48.4 Å². The Morgan fingerprint density at radius 2 is 1.74 bits per heavy atom. The van der Waals surface area contributed by atoms with Gasteiger partial charge in [0.1, 0.15) is 16.9 Å². The van der Waals surface area contributed by atoms with E-state index in [1.165, 1.54) is 18.2 Å². The summed E-state index contributed by atoms with van der Waals surface area (Å²) in [6.45, 7) is 3.34. The van der Waals surface area contributed by atoms with E-state index in [9.17, 15) is 23.1 Å². The van der Waals surface area contributed by atoms with Crippen LogP contribution in [0.4, 0.5) is 10.5 Å². The summed E-state index contributed by atoms with van der Waals surface area (Å²) >= 11 is 0. The molecule has 4 aromatic rings. The van der Waals surface area contributed by atoms with Crippen molar-refractivity contribution < 1.29 is 32.3 Å². The van der Waals surface area contributed by atoms with E-state index in [4.69, 9.17) is 9.15 Å². The molecule has 1 atom stereocenters. The molecule has 1 aromatic heterocycles. The summed E-state index contributed by atoms with van der Waals surface area (Å²) in [6, 6.07) is 17.8. The second-order valence-corrected chi connectivity index (χ2v) is 9.77. The molecule has 0 saturated carbocycles. The second kappa shape index (κ2) is 9.59. The number of fused-ring (bicyclic) bond motifs is 3. The molecule has 0 spiro atoms. The minimum atomic E-state index is -4.12. The zero-order valence-electron chi connectivity index (χ0n) is 18.8. The van der Waals surface area contributed by atoms with Crippen molar-refractivity contribution in [1.82, 2.24) is 0 Å². The highest BCUT2D eigenvalue weighted by Gasteiger charge is 2.22. The highest BCUT2D eigenvalue weighted by Crippen LogP contribution is 2.32. The first-order valence-electron chi connectivity index (χ1n) is 10.7. The number of aliphatic carboxylic acids is 1. The van der Waals surface area contributed by atoms with E-state index in [0.717, 1.165) is 6.21 Å². The van der Waals surface area contributed by atoms with Crippen molar-refractivity contribution in [2.75, 3.05) is 5.32 Å². The number of anilines is 1. The fourth-order valence-electron chi connectivity index (χ4n) is 3.46. The first-order chi connectivity index (χ1) is 16.6. The zero-order chi connectivity index (χ0) is 25.2. The van der Waals surface area contributed by atoms with Gasteiger partial charge >= 0.3 is 12.1 Å². The maximum absolute atomic E-state index is 12.7. The van der Waals surface area contributed by atoms with E-state index < -0.39 is 28.0 Å². The Kier molecular flexibility index (Phi) is 6.57. The number of hydrogen-bond acceptors (Lipinski definition) is 6. The maximum atomic E-state index is 12.7. The van der Waals surface area contributed by atoms with Crippen molar-refractivity contribution >= 4 is 55.9 Å². The summed E-state index contributed by atoms with van der Waals surface area (Å²) < 4.78 is 40.1. The summed E-state index contributed by atoms with van der Waals surface area (Å²) in [4.78, 5) is 23.4. The number of carboxylic acids is 1. The number of ether oxygens (including phenoxy) is 1. The zero-order valence-corrected chi connectivity index (χ0v) is 19.7. The molecule has 180 valence electrons. The molecule has 0 saturated heterocycles. The van der Waals surface area contributed by atoms with Gasteiger partial charge in [0, 0.05) is 28.7 Å². The van der Waals surface area contributed by atoms with Crippen LogP contribution in [0.15, 0.2) is 80.4 Å². The van der Waals surface area contributed by atoms with Crippen LogP contribution < -0.4 is 10.1 Å². The van der Waals surface area contributed by atoms with Crippen LogP contribution in [0.1, 0.15) is 13.8 Å². The van der Waals surface area contributed by atoms with Gasteiger partial charge in [-0.3, -0.25) is 10.1 Å². The van der Waals surface area contributed by atoms with Crippen molar-refractivity contribution in [3.63, 3.8) is 0 Å². The number of amides is 1. The Morgan fingerprint density at radius 1 is 1.00 bits per heavy atom. The number of benzene rings is 3. The molecule has 35 heavy (non-hydrogen) atoms. The molecular weight excluding hydrogens is 472 g/mol. The molecule has 0 aliphatic rings. The Bertz CT molecular complexity index is 1540. The maximum Gasteiger partial charge on any atom is 0.417 e. The third kappa shape index (κ3) is 5.33. The number of nitrogens with one attached hydrogen (secondary N) is 1. The molecule has 3 aromatic carbocycles. The van der Waals surface area contributed by atoms with Gasteiger partial charge in [-0.15, -0.1) is 0 Å². The first-order valence-corrected chi connectivity index (χ1v) is 12.1. The van der Waals surface area contributed by atoms with Crippen molar-refractivity contribution in [1.29, 1.82) is 0 Å². The molecule has 1 amide bonds. The molecule has 0 radical (unpaired) electrons. The number of carbonyl (C=O) groups excluding carboxylic acids is 1. The van der Waals surface area contributed by atoms with Crippen molar-refractivity contribution in [3.05, 3.63) is 66.7 Å². The normalized spacial score (nSPS) is 12.9. The van der Waals surface area contributed by atoms with Crippen LogP contribution in [0, 0.1) is 11.8 Å². The molecule has 0 aliphatic heterocycles. The number of para-hydroxylation sites is 1. The highest BCUT2D eigenvalue weighted by molar-refractivity contribution is 7.90. The number of rotatable bonds is 7. The Labute approximate surface area is 201 Å². The smallest absolute Gasteiger partial charge is 0.417 e. The van der Waals surface area contributed by atoms with E-state index >= 15 is 0 Å². The van der Waals surface area contributed by atoms with Gasteiger partial charge in [0.15, 0.2) is 0 Å². The predicted octanol–water partition coefficient (Wildman–Crippen LogP) is 5.31. The Hall–Kier alpha value is -4.18. The lowest BCUT2D eigenvalue weighted by Crippen LogP contribution is -2.21. The largest absolute Gasteiger partial charge is 0.481 e. The van der Waals surface area contributed by atoms with Gasteiger partial charge in [0.25, 0.3) is 10.0 Å². The lowest BCUT2D eigenvalue weighted by Gasteiger charge is -2.10. The lowest BCUT2D eigenvalue weighted by atomic mass is 9.98. The number of carboxylic acid groups (broad SMARTS) is 1. The average molecular weight is 495 g/mol. The Balaban J connectivity index is 1.60. The van der Waals surface area contributed by atoms with Crippen molar-refractivity contribution in [3.8, 4) is 5.75 Å². The van der Waals surface area contributed by atoms with Crippen LogP contribution in [-0.2, 0) is 14.8 Å². The Morgan fingerprint density at radius 3 is 2.43 bits per heavy atom. The van der Waals surface area contributed by atoms with Crippen LogP contribution in [-0.4, -0.2) is 31.8 Å². The van der Waals surface area contributed by atoms with E-state index in [0.29, 0.717) is 33.4 Å². The summed E-state index contributed by atoms with van der Waals surface area (Å²) in [7, 11) is -4.12. The second-order valence-electron chi connectivity index (χ2n) is 8.14. The average Bonchev–Trinajstić information content (AvgIpc) is 3.16. The summed E-state index contributed by atoms with van der Waals surface area (Å²) in [6.07, 6.45) is 0.283. The van der Waals surface area contributed by atoms with E-state index in [-0.39, 0.29) is 10.8 Å². The van der Waals surface area contributed by atoms with Crippen LogP contribution in [0.3, 0.4) is 0 Å². The van der Waals surface area contributed by atoms with Gasteiger partial charge < -0.3 is 14.3 Å². The molecule has 0 aliphatic carbocycles. The van der Waals surface area contributed by atoms with Gasteiger partial charge in [0.05, 0.1) is 10.8 Å². The van der Waals surface area contributed by atoms with Crippen molar-refractivity contribution in [2.24, 2.45) is 16.2 Å². The molecule has 0 fully saturated rings. The quantitative estimate of drug-likeness (QED) is 0.332. The molecular formula is C25H22N2O7S. The third-order valence-corrected chi connectivity index (χ3v) is 6.55. The monoisotopic (exact) mass is 494 g/mol. The molecule has 4 rings (SSSR count). The molecule has 2 N–H and O–H groups in total. The van der Waals surface area contributed by atoms with Gasteiger partial charge in [-0.25, -0.2) is 4.79 Å². The summed E-state index contributed by atoms with van der Waals surface area (Å²) in [5.74, 6) is -2.09. The van der Waals surface area contributed by atoms with Crippen molar-refractivity contribution in [2.45, 2.75) is 18.7 Å². The van der Waals surface area contributed by atoms with Crippen LogP contribution in [0.25, 0.3) is 21.9 Å². The van der Waals surface area contributed by atoms with Crippen LogP contribution in [0.2, 0.25) is 0 Å². The van der Waals surface area contributed by atoms with Crippen LogP contribution >= 0.6 is 0 Å². The fraction of sp³-hybridized carbons (Fsp3) is 0.160. The van der Waals surface area contributed by atoms with Gasteiger partial charge in [0.2, 0.25) is 0 Å². The fourth-order valence-corrected chi connectivity index (χ4v) is 4.38. The van der Waals surface area contributed by atoms with E-state index in [2.05, 4.69) is 9.71 Å². The topological polar surface area (TPSA) is 135 Å². The molecule has 1 unspecified atom stereocenters. The number of furan rings is 1. The molecule has 0 bridgehead atoms. The molecule has 10 heteroatoms. The first kappa shape index (κ1) is 24.0. The number of nitrogens with zero attached hydrogens (tertiary/aromatic N) is 1. The minimum absolute atomic E-state index is 0.0921. The van der Waals surface area contributed by atoms with Crippen LogP contribution in [0.5, 0.6) is 5.75 Å².